The van der Waals surface area contributed by atoms with Gasteiger partial charge in [-0.1, -0.05) is 42.9 Å². The SMILES string of the molecule is CCCCNC(=O)NC(NC(=O)c1ncc(N2CCN(C)CC2)s1)c1c[nH]c2ccccc12. The number of carbonyl (C=O) groups excluding carboxylic acids is 2. The number of fused-ring (bicyclic) bond motifs is 1. The van der Waals surface area contributed by atoms with E-state index in [1.165, 1.54) is 11.3 Å². The molecule has 1 atom stereocenters. The number of aromatic amines is 1. The molecule has 0 bridgehead atoms. The summed E-state index contributed by atoms with van der Waals surface area (Å²) in [5.41, 5.74) is 1.73. The smallest absolute Gasteiger partial charge is 0.316 e. The van der Waals surface area contributed by atoms with Gasteiger partial charge in [0.15, 0.2) is 5.01 Å². The minimum Gasteiger partial charge on any atom is -0.361 e. The molecule has 3 aromatic rings. The van der Waals surface area contributed by atoms with Crippen LogP contribution in [0.3, 0.4) is 0 Å². The fourth-order valence-electron chi connectivity index (χ4n) is 3.82. The Hall–Kier alpha value is -3.11. The quantitative estimate of drug-likeness (QED) is 0.300. The highest BCUT2D eigenvalue weighted by Gasteiger charge is 2.24. The molecule has 0 aliphatic carbocycles. The fraction of sp³-hybridized carbons (Fsp3) is 0.435. The molecular weight excluding hydrogens is 438 g/mol. The lowest BCUT2D eigenvalue weighted by Crippen LogP contribution is -2.45. The summed E-state index contributed by atoms with van der Waals surface area (Å²) in [6, 6.07) is 7.48. The summed E-state index contributed by atoms with van der Waals surface area (Å²) in [5, 5.41) is 11.0. The number of unbranched alkanes of at least 4 members (excludes halogenated alkanes) is 1. The maximum Gasteiger partial charge on any atom is 0.316 e. The Morgan fingerprint density at radius 1 is 1.18 bits per heavy atom. The van der Waals surface area contributed by atoms with Gasteiger partial charge in [0, 0.05) is 55.4 Å². The van der Waals surface area contributed by atoms with Gasteiger partial charge in [-0.15, -0.1) is 0 Å². The van der Waals surface area contributed by atoms with Gasteiger partial charge in [-0.3, -0.25) is 4.79 Å². The van der Waals surface area contributed by atoms with E-state index in [0.29, 0.717) is 11.6 Å². The molecule has 33 heavy (non-hydrogen) atoms. The van der Waals surface area contributed by atoms with Crippen molar-refractivity contribution in [2.45, 2.75) is 25.9 Å². The number of aromatic nitrogens is 2. The van der Waals surface area contributed by atoms with Crippen LogP contribution < -0.4 is 20.9 Å². The van der Waals surface area contributed by atoms with Gasteiger partial charge in [0.25, 0.3) is 5.91 Å². The number of nitrogens with one attached hydrogen (secondary N) is 4. The number of piperazine rings is 1. The first kappa shape index (κ1) is 23.1. The molecule has 4 N–H and O–H groups in total. The van der Waals surface area contributed by atoms with Crippen molar-refractivity contribution < 1.29 is 9.59 Å². The molecule has 10 heteroatoms. The van der Waals surface area contributed by atoms with E-state index in [9.17, 15) is 9.59 Å². The third-order valence-electron chi connectivity index (χ3n) is 5.80. The van der Waals surface area contributed by atoms with Crippen LogP contribution in [0.2, 0.25) is 0 Å². The zero-order chi connectivity index (χ0) is 23.2. The van der Waals surface area contributed by atoms with E-state index in [-0.39, 0.29) is 11.9 Å². The summed E-state index contributed by atoms with van der Waals surface area (Å²) < 4.78 is 0. The number of thiazole rings is 1. The number of urea groups is 1. The summed E-state index contributed by atoms with van der Waals surface area (Å²) in [5.74, 6) is -0.315. The van der Waals surface area contributed by atoms with E-state index < -0.39 is 6.17 Å². The Bertz CT molecular complexity index is 1090. The van der Waals surface area contributed by atoms with Gasteiger partial charge >= 0.3 is 6.03 Å². The van der Waals surface area contributed by atoms with Gasteiger partial charge in [-0.25, -0.2) is 9.78 Å². The van der Waals surface area contributed by atoms with Crippen molar-refractivity contribution in [3.63, 3.8) is 0 Å². The first-order chi connectivity index (χ1) is 16.0. The minimum atomic E-state index is -0.703. The first-order valence-electron chi connectivity index (χ1n) is 11.4. The van der Waals surface area contributed by atoms with Gasteiger partial charge in [-0.2, -0.15) is 0 Å². The highest BCUT2D eigenvalue weighted by Crippen LogP contribution is 2.26. The second-order valence-corrected chi connectivity index (χ2v) is 9.25. The van der Waals surface area contributed by atoms with Crippen LogP contribution in [0.5, 0.6) is 0 Å². The Morgan fingerprint density at radius 2 is 1.97 bits per heavy atom. The molecule has 1 saturated heterocycles. The lowest BCUT2D eigenvalue weighted by molar-refractivity contribution is 0.0931. The lowest BCUT2D eigenvalue weighted by Gasteiger charge is -2.32. The van der Waals surface area contributed by atoms with Crippen LogP contribution in [-0.2, 0) is 0 Å². The van der Waals surface area contributed by atoms with Gasteiger partial charge in [0.05, 0.1) is 6.20 Å². The topological polar surface area (TPSA) is 105 Å². The number of carbonyl (C=O) groups is 2. The molecule has 1 fully saturated rings. The maximum absolute atomic E-state index is 13.1. The number of para-hydroxylation sites is 1. The van der Waals surface area contributed by atoms with Gasteiger partial charge in [-0.05, 0) is 19.5 Å². The molecule has 0 radical (unpaired) electrons. The van der Waals surface area contributed by atoms with E-state index in [2.05, 4.69) is 49.7 Å². The predicted molar refractivity (Wildman–Crippen MR) is 132 cm³/mol. The number of H-pyrrole nitrogens is 1. The van der Waals surface area contributed by atoms with Crippen molar-refractivity contribution in [1.29, 1.82) is 0 Å². The average molecular weight is 470 g/mol. The van der Waals surface area contributed by atoms with Crippen LogP contribution in [-0.4, -0.2) is 66.6 Å². The molecule has 1 aliphatic rings. The molecule has 1 unspecified atom stereocenters. The van der Waals surface area contributed by atoms with Crippen molar-refractivity contribution in [2.75, 3.05) is 44.7 Å². The van der Waals surface area contributed by atoms with E-state index in [4.69, 9.17) is 0 Å². The van der Waals surface area contributed by atoms with E-state index >= 15 is 0 Å². The van der Waals surface area contributed by atoms with E-state index in [1.807, 2.05) is 30.5 Å². The first-order valence-corrected chi connectivity index (χ1v) is 12.2. The number of benzene rings is 1. The van der Waals surface area contributed by atoms with Crippen molar-refractivity contribution in [2.24, 2.45) is 0 Å². The van der Waals surface area contributed by atoms with Crippen LogP contribution in [0.15, 0.2) is 36.7 Å². The summed E-state index contributed by atoms with van der Waals surface area (Å²) in [6.45, 7) is 6.45. The van der Waals surface area contributed by atoms with Gasteiger partial charge in [0.1, 0.15) is 11.2 Å². The zero-order valence-corrected chi connectivity index (χ0v) is 19.9. The molecule has 0 saturated carbocycles. The van der Waals surface area contributed by atoms with Crippen molar-refractivity contribution in [1.82, 2.24) is 30.8 Å². The van der Waals surface area contributed by atoms with Gasteiger partial charge < -0.3 is 30.7 Å². The maximum atomic E-state index is 13.1. The van der Waals surface area contributed by atoms with Crippen LogP contribution in [0.4, 0.5) is 9.80 Å². The van der Waals surface area contributed by atoms with Crippen molar-refractivity contribution >= 4 is 39.2 Å². The summed E-state index contributed by atoms with van der Waals surface area (Å²) in [4.78, 5) is 37.7. The molecule has 3 heterocycles. The molecule has 1 aromatic carbocycles. The zero-order valence-electron chi connectivity index (χ0n) is 19.1. The number of hydrogen-bond donors (Lipinski definition) is 4. The van der Waals surface area contributed by atoms with Crippen LogP contribution in [0.1, 0.15) is 41.3 Å². The standard InChI is InChI=1S/C23H31N7O2S/c1-3-4-9-24-23(32)28-20(17-14-25-18-8-6-5-7-16(17)18)27-21(31)22-26-15-19(33-22)30-12-10-29(2)11-13-30/h5-8,14-15,20,25H,3-4,9-13H2,1-2H3,(H,27,31)(H2,24,28,32). The summed E-state index contributed by atoms with van der Waals surface area (Å²) in [6.07, 6.45) is 4.76. The number of likely N-dealkylation sites (N-methyl/N-ethyl adjacent to an activating group) is 1. The second-order valence-electron chi connectivity index (χ2n) is 8.24. The number of anilines is 1. The molecule has 2 aromatic heterocycles. The lowest BCUT2D eigenvalue weighted by atomic mass is 10.1. The normalized spacial score (nSPS) is 15.4. The Labute approximate surface area is 197 Å². The molecule has 176 valence electrons. The highest BCUT2D eigenvalue weighted by atomic mass is 32.1. The van der Waals surface area contributed by atoms with Crippen molar-refractivity contribution in [3.8, 4) is 0 Å². The molecular formula is C23H31N7O2S. The van der Waals surface area contributed by atoms with E-state index in [0.717, 1.165) is 60.5 Å². The molecule has 3 amide bonds. The number of amides is 3. The Balaban J connectivity index is 1.50. The van der Waals surface area contributed by atoms with Crippen LogP contribution in [0, 0.1) is 0 Å². The number of nitrogens with zero attached hydrogens (tertiary/aromatic N) is 3. The third-order valence-corrected chi connectivity index (χ3v) is 6.86. The third kappa shape index (κ3) is 5.63. The molecule has 1 aliphatic heterocycles. The van der Waals surface area contributed by atoms with E-state index in [1.54, 1.807) is 6.20 Å². The summed E-state index contributed by atoms with van der Waals surface area (Å²) in [7, 11) is 2.11. The van der Waals surface area contributed by atoms with Crippen LogP contribution in [0.25, 0.3) is 10.9 Å². The van der Waals surface area contributed by atoms with Crippen molar-refractivity contribution in [3.05, 3.63) is 47.2 Å². The molecule has 4 rings (SSSR count). The summed E-state index contributed by atoms with van der Waals surface area (Å²) >= 11 is 1.38. The highest BCUT2D eigenvalue weighted by molar-refractivity contribution is 7.17. The predicted octanol–water partition coefficient (Wildman–Crippen LogP) is 2.90. The Kier molecular flexibility index (Phi) is 7.46. The fourth-order valence-corrected chi connectivity index (χ4v) is 4.69. The molecule has 0 spiro atoms. The minimum absolute atomic E-state index is 0.315. The monoisotopic (exact) mass is 469 g/mol. The number of rotatable bonds is 8. The van der Waals surface area contributed by atoms with Gasteiger partial charge in [0.2, 0.25) is 0 Å². The largest absolute Gasteiger partial charge is 0.361 e. The average Bonchev–Trinajstić information content (AvgIpc) is 3.47. The second kappa shape index (κ2) is 10.7. The Morgan fingerprint density at radius 3 is 2.76 bits per heavy atom. The molecule has 9 nitrogen and oxygen atoms in total. The number of hydrogen-bond acceptors (Lipinski definition) is 6. The van der Waals surface area contributed by atoms with Crippen LogP contribution >= 0.6 is 11.3 Å².